The highest BCUT2D eigenvalue weighted by molar-refractivity contribution is 5.78. The van der Waals surface area contributed by atoms with Gasteiger partial charge in [0.1, 0.15) is 18.3 Å². The van der Waals surface area contributed by atoms with Gasteiger partial charge in [0.05, 0.1) is 12.1 Å². The summed E-state index contributed by atoms with van der Waals surface area (Å²) < 4.78 is 49.9. The number of halogens is 3. The largest absolute Gasteiger partial charge is 0.465 e. The molecule has 0 spiro atoms. The number of carbonyl (C=O) groups is 1. The number of carbonyl (C=O) groups excluding carboxylic acids is 1. The van der Waals surface area contributed by atoms with Crippen LogP contribution in [-0.4, -0.2) is 66.5 Å². The number of aromatic nitrogens is 1. The number of piperazine rings is 1. The van der Waals surface area contributed by atoms with Crippen molar-refractivity contribution in [2.45, 2.75) is 25.4 Å². The maximum Gasteiger partial charge on any atom is 0.417 e. The summed E-state index contributed by atoms with van der Waals surface area (Å²) in [4.78, 5) is 22.8. The van der Waals surface area contributed by atoms with Crippen molar-refractivity contribution in [3.05, 3.63) is 83.4 Å². The number of amides is 1. The van der Waals surface area contributed by atoms with E-state index in [-0.39, 0.29) is 5.91 Å². The molecule has 0 bridgehead atoms. The molecule has 0 aromatic carbocycles. The Morgan fingerprint density at radius 3 is 2.41 bits per heavy atom. The number of ether oxygens (including phenoxy) is 2. The first-order chi connectivity index (χ1) is 17.9. The van der Waals surface area contributed by atoms with Crippen molar-refractivity contribution in [3.8, 4) is 0 Å². The molecule has 0 radical (unpaired) electrons. The highest BCUT2D eigenvalue weighted by Gasteiger charge is 2.31. The summed E-state index contributed by atoms with van der Waals surface area (Å²) in [6.45, 7) is 3.91. The minimum absolute atomic E-state index is 0.0610. The van der Waals surface area contributed by atoms with E-state index in [1.54, 1.807) is 12.5 Å². The van der Waals surface area contributed by atoms with Crippen molar-refractivity contribution in [1.82, 2.24) is 14.8 Å². The molecule has 0 N–H and O–H groups in total. The van der Waals surface area contributed by atoms with Gasteiger partial charge in [0, 0.05) is 45.5 Å². The first-order valence-corrected chi connectivity index (χ1v) is 12.4. The average Bonchev–Trinajstić information content (AvgIpc) is 2.94. The van der Waals surface area contributed by atoms with Crippen molar-refractivity contribution < 1.29 is 27.4 Å². The Kier molecular flexibility index (Phi) is 7.36. The zero-order valence-electron chi connectivity index (χ0n) is 20.4. The summed E-state index contributed by atoms with van der Waals surface area (Å²) in [5, 5.41) is 0. The van der Waals surface area contributed by atoms with Crippen LogP contribution < -0.4 is 4.90 Å². The van der Waals surface area contributed by atoms with E-state index in [1.807, 2.05) is 28.0 Å². The monoisotopic (exact) mass is 514 g/mol. The first-order valence-electron chi connectivity index (χ1n) is 12.4. The summed E-state index contributed by atoms with van der Waals surface area (Å²) in [6, 6.07) is 2.46. The third-order valence-corrected chi connectivity index (χ3v) is 6.91. The molecule has 7 nitrogen and oxygen atoms in total. The van der Waals surface area contributed by atoms with Gasteiger partial charge < -0.3 is 19.3 Å². The van der Waals surface area contributed by atoms with Crippen LogP contribution in [0.2, 0.25) is 0 Å². The SMILES string of the molecule is O=C(CN1CCN(c2ccc(C(F)(F)F)cn2)CC1)N1CC=C(C2=COC=C(C3=CC=CCC3)O2)CC1. The van der Waals surface area contributed by atoms with Crippen LogP contribution in [0.4, 0.5) is 19.0 Å². The van der Waals surface area contributed by atoms with Gasteiger partial charge in [-0.1, -0.05) is 24.3 Å². The third-order valence-electron chi connectivity index (χ3n) is 6.91. The molecule has 0 unspecified atom stereocenters. The molecule has 1 aromatic heterocycles. The summed E-state index contributed by atoms with van der Waals surface area (Å²) in [5.74, 6) is 2.00. The zero-order valence-corrected chi connectivity index (χ0v) is 20.4. The van der Waals surface area contributed by atoms with Gasteiger partial charge in [-0.2, -0.15) is 13.2 Å². The quantitative estimate of drug-likeness (QED) is 0.581. The molecule has 10 heteroatoms. The number of nitrogens with zero attached hydrogens (tertiary/aromatic N) is 4. The van der Waals surface area contributed by atoms with Gasteiger partial charge in [-0.3, -0.25) is 9.69 Å². The molecule has 3 aliphatic heterocycles. The van der Waals surface area contributed by atoms with Crippen molar-refractivity contribution in [1.29, 1.82) is 0 Å². The summed E-state index contributed by atoms with van der Waals surface area (Å²) >= 11 is 0. The van der Waals surface area contributed by atoms with Crippen molar-refractivity contribution >= 4 is 11.7 Å². The second kappa shape index (κ2) is 10.8. The molecule has 196 valence electrons. The Bertz CT molecular complexity index is 1160. The number of rotatable bonds is 5. The molecular formula is C27H29F3N4O3. The Labute approximate surface area is 213 Å². The molecule has 1 fully saturated rings. The van der Waals surface area contributed by atoms with E-state index < -0.39 is 11.7 Å². The minimum atomic E-state index is -4.40. The number of pyridine rings is 1. The summed E-state index contributed by atoms with van der Waals surface area (Å²) in [7, 11) is 0. The van der Waals surface area contributed by atoms with Gasteiger partial charge in [0.15, 0.2) is 11.5 Å². The summed E-state index contributed by atoms with van der Waals surface area (Å²) in [5.41, 5.74) is 1.38. The topological polar surface area (TPSA) is 58.1 Å². The molecule has 1 aliphatic carbocycles. The average molecular weight is 515 g/mol. The van der Waals surface area contributed by atoms with Crippen LogP contribution in [-0.2, 0) is 20.4 Å². The number of allylic oxidation sites excluding steroid dienone is 5. The molecule has 1 saturated heterocycles. The summed E-state index contributed by atoms with van der Waals surface area (Å²) in [6.07, 6.45) is 10.5. The lowest BCUT2D eigenvalue weighted by Crippen LogP contribution is -2.50. The van der Waals surface area contributed by atoms with Crippen LogP contribution in [0.1, 0.15) is 24.8 Å². The molecule has 5 rings (SSSR count). The van der Waals surface area contributed by atoms with Crippen LogP contribution in [0.25, 0.3) is 0 Å². The fraction of sp³-hybridized carbons (Fsp3) is 0.407. The number of hydrogen-bond donors (Lipinski definition) is 0. The van der Waals surface area contributed by atoms with Crippen molar-refractivity contribution in [3.63, 3.8) is 0 Å². The van der Waals surface area contributed by atoms with Gasteiger partial charge in [-0.25, -0.2) is 4.98 Å². The van der Waals surface area contributed by atoms with E-state index in [2.05, 4.69) is 16.0 Å². The number of hydrogen-bond acceptors (Lipinski definition) is 6. The Morgan fingerprint density at radius 1 is 1.00 bits per heavy atom. The second-order valence-electron chi connectivity index (χ2n) is 9.35. The lowest BCUT2D eigenvalue weighted by Gasteiger charge is -2.36. The number of anilines is 1. The first kappa shape index (κ1) is 25.1. The fourth-order valence-electron chi connectivity index (χ4n) is 4.70. The molecule has 0 saturated carbocycles. The minimum Gasteiger partial charge on any atom is -0.465 e. The highest BCUT2D eigenvalue weighted by Crippen LogP contribution is 2.31. The molecule has 1 amide bonds. The second-order valence-corrected chi connectivity index (χ2v) is 9.35. The van der Waals surface area contributed by atoms with Crippen LogP contribution in [0.15, 0.2) is 77.8 Å². The zero-order chi connectivity index (χ0) is 25.8. The van der Waals surface area contributed by atoms with E-state index in [1.165, 1.54) is 6.07 Å². The molecule has 37 heavy (non-hydrogen) atoms. The normalized spacial score (nSPS) is 20.8. The molecule has 1 aromatic rings. The predicted octanol–water partition coefficient (Wildman–Crippen LogP) is 4.39. The Morgan fingerprint density at radius 2 is 1.78 bits per heavy atom. The molecule has 0 atom stereocenters. The van der Waals surface area contributed by atoms with Gasteiger partial charge >= 0.3 is 6.18 Å². The van der Waals surface area contributed by atoms with Gasteiger partial charge in [0.25, 0.3) is 0 Å². The molecular weight excluding hydrogens is 485 g/mol. The van der Waals surface area contributed by atoms with Crippen LogP contribution in [0, 0.1) is 0 Å². The van der Waals surface area contributed by atoms with Crippen LogP contribution in [0.3, 0.4) is 0 Å². The lowest BCUT2D eigenvalue weighted by molar-refractivity contribution is -0.137. The van der Waals surface area contributed by atoms with Gasteiger partial charge in [-0.15, -0.1) is 0 Å². The van der Waals surface area contributed by atoms with Crippen molar-refractivity contribution in [2.24, 2.45) is 0 Å². The predicted molar refractivity (Wildman–Crippen MR) is 132 cm³/mol. The Hall–Kier alpha value is -3.53. The van der Waals surface area contributed by atoms with E-state index in [4.69, 9.17) is 9.47 Å². The smallest absolute Gasteiger partial charge is 0.417 e. The Balaban J connectivity index is 1.08. The third kappa shape index (κ3) is 6.07. The lowest BCUT2D eigenvalue weighted by atomic mass is 10.0. The van der Waals surface area contributed by atoms with Crippen LogP contribution >= 0.6 is 0 Å². The van der Waals surface area contributed by atoms with E-state index in [0.29, 0.717) is 63.8 Å². The van der Waals surface area contributed by atoms with E-state index >= 15 is 0 Å². The van der Waals surface area contributed by atoms with Gasteiger partial charge in [0.2, 0.25) is 5.91 Å². The highest BCUT2D eigenvalue weighted by atomic mass is 19.4. The maximum atomic E-state index is 12.9. The fourth-order valence-corrected chi connectivity index (χ4v) is 4.70. The maximum absolute atomic E-state index is 12.9. The van der Waals surface area contributed by atoms with E-state index in [9.17, 15) is 18.0 Å². The molecule has 4 aliphatic rings. The number of alkyl halides is 3. The van der Waals surface area contributed by atoms with Crippen LogP contribution in [0.5, 0.6) is 0 Å². The standard InChI is InChI=1S/C27H29F3N4O3/c28-27(29,30)22-6-7-25(31-16-22)33-14-12-32(13-15-33)17-26(35)34-10-8-21(9-11-34)24-19-36-18-23(37-24)20-4-2-1-3-5-20/h1-2,4,6-8,16,18-19H,3,5,9-15,17H2. The van der Waals surface area contributed by atoms with Gasteiger partial charge in [-0.05, 0) is 42.5 Å². The van der Waals surface area contributed by atoms with E-state index in [0.717, 1.165) is 42.0 Å². The van der Waals surface area contributed by atoms with Crippen molar-refractivity contribution in [2.75, 3.05) is 50.7 Å². The molecule has 4 heterocycles.